The first-order valence-electron chi connectivity index (χ1n) is 6.95. The van der Waals surface area contributed by atoms with Crippen molar-refractivity contribution in [2.45, 2.75) is 12.7 Å². The van der Waals surface area contributed by atoms with E-state index in [1.54, 1.807) is 24.7 Å². The quantitative estimate of drug-likeness (QED) is 0.710. The van der Waals surface area contributed by atoms with E-state index in [1.807, 2.05) is 0 Å². The molecule has 0 aliphatic heterocycles. The van der Waals surface area contributed by atoms with E-state index >= 15 is 0 Å². The highest BCUT2D eigenvalue weighted by Gasteiger charge is 2.32. The maximum Gasteiger partial charge on any atom is 0.416 e. The summed E-state index contributed by atoms with van der Waals surface area (Å²) in [7, 11) is 0. The number of nitrogens with zero attached hydrogens (tertiary/aromatic N) is 4. The molecule has 2 aromatic heterocycles. The van der Waals surface area contributed by atoms with Gasteiger partial charge in [0.1, 0.15) is 11.5 Å². The standard InChI is InChI=1S/C15H10Cl2F3N5/c16-11-5-9(15(18,19)20)6-12(17)14(11)25-13(1-2-24-25)23-8-10-7-21-3-4-22-10/h1-7,23H,8H2. The van der Waals surface area contributed by atoms with E-state index in [2.05, 4.69) is 20.4 Å². The molecule has 3 aromatic rings. The van der Waals surface area contributed by atoms with Gasteiger partial charge in [0.05, 0.1) is 40.2 Å². The summed E-state index contributed by atoms with van der Waals surface area (Å²) in [6, 6.07) is 3.27. The molecule has 5 nitrogen and oxygen atoms in total. The Morgan fingerprint density at radius 3 is 2.40 bits per heavy atom. The second-order valence-corrected chi connectivity index (χ2v) is 5.78. The molecule has 0 saturated heterocycles. The Hall–Kier alpha value is -2.32. The van der Waals surface area contributed by atoms with Gasteiger partial charge < -0.3 is 5.32 Å². The highest BCUT2D eigenvalue weighted by Crippen LogP contribution is 2.38. The highest BCUT2D eigenvalue weighted by molar-refractivity contribution is 6.37. The molecular formula is C15H10Cl2F3N5. The van der Waals surface area contributed by atoms with Crippen LogP contribution in [0.5, 0.6) is 0 Å². The van der Waals surface area contributed by atoms with Crippen LogP contribution in [0.3, 0.4) is 0 Å². The SMILES string of the molecule is FC(F)(F)c1cc(Cl)c(-n2nccc2NCc2cnccn2)c(Cl)c1. The lowest BCUT2D eigenvalue weighted by molar-refractivity contribution is -0.137. The lowest BCUT2D eigenvalue weighted by Gasteiger charge is -2.15. The Kier molecular flexibility index (Phi) is 4.82. The fraction of sp³-hybridized carbons (Fsp3) is 0.133. The summed E-state index contributed by atoms with van der Waals surface area (Å²) in [6.45, 7) is 0.343. The van der Waals surface area contributed by atoms with E-state index < -0.39 is 11.7 Å². The zero-order chi connectivity index (χ0) is 18.0. The highest BCUT2D eigenvalue weighted by atomic mass is 35.5. The van der Waals surface area contributed by atoms with Crippen LogP contribution in [0.2, 0.25) is 10.0 Å². The van der Waals surface area contributed by atoms with Gasteiger partial charge in [-0.15, -0.1) is 0 Å². The number of rotatable bonds is 4. The number of benzene rings is 1. The topological polar surface area (TPSA) is 55.6 Å². The van der Waals surface area contributed by atoms with E-state index in [-0.39, 0.29) is 15.7 Å². The number of halogens is 5. The minimum atomic E-state index is -4.54. The predicted octanol–water partition coefficient (Wildman–Crippen LogP) is 4.60. The summed E-state index contributed by atoms with van der Waals surface area (Å²) in [4.78, 5) is 8.07. The van der Waals surface area contributed by atoms with Crippen LogP contribution in [0.1, 0.15) is 11.3 Å². The van der Waals surface area contributed by atoms with Gasteiger partial charge in [-0.25, -0.2) is 4.68 Å². The summed E-state index contributed by atoms with van der Waals surface area (Å²) in [5, 5.41) is 6.82. The van der Waals surface area contributed by atoms with Crippen LogP contribution < -0.4 is 5.32 Å². The van der Waals surface area contributed by atoms with E-state index in [1.165, 1.54) is 10.9 Å². The van der Waals surface area contributed by atoms with E-state index in [0.29, 0.717) is 18.1 Å². The maximum atomic E-state index is 12.8. The normalized spacial score (nSPS) is 11.6. The monoisotopic (exact) mass is 387 g/mol. The molecule has 0 unspecified atom stereocenters. The fourth-order valence-electron chi connectivity index (χ4n) is 2.15. The molecule has 25 heavy (non-hydrogen) atoms. The number of anilines is 1. The molecule has 0 saturated carbocycles. The van der Waals surface area contributed by atoms with Gasteiger partial charge in [0, 0.05) is 18.5 Å². The first-order chi connectivity index (χ1) is 11.9. The Labute approximate surface area is 150 Å². The molecule has 0 spiro atoms. The summed E-state index contributed by atoms with van der Waals surface area (Å²) in [6.07, 6.45) is 1.63. The van der Waals surface area contributed by atoms with Crippen molar-refractivity contribution in [1.29, 1.82) is 0 Å². The van der Waals surface area contributed by atoms with Gasteiger partial charge in [0.15, 0.2) is 0 Å². The average molecular weight is 388 g/mol. The molecule has 0 fully saturated rings. The smallest absolute Gasteiger partial charge is 0.364 e. The summed E-state index contributed by atoms with van der Waals surface area (Å²) in [5.74, 6) is 0.495. The van der Waals surface area contributed by atoms with Crippen molar-refractivity contribution in [3.8, 4) is 5.69 Å². The van der Waals surface area contributed by atoms with Gasteiger partial charge in [-0.1, -0.05) is 23.2 Å². The van der Waals surface area contributed by atoms with Gasteiger partial charge in [-0.2, -0.15) is 18.3 Å². The molecule has 0 aliphatic rings. The third-order valence-corrected chi connectivity index (χ3v) is 3.84. The van der Waals surface area contributed by atoms with Crippen molar-refractivity contribution < 1.29 is 13.2 Å². The Morgan fingerprint density at radius 1 is 1.08 bits per heavy atom. The second-order valence-electron chi connectivity index (χ2n) is 4.96. The van der Waals surface area contributed by atoms with Gasteiger partial charge in [0.25, 0.3) is 0 Å². The molecule has 1 aromatic carbocycles. The number of alkyl halides is 3. The molecule has 0 bridgehead atoms. The zero-order valence-electron chi connectivity index (χ0n) is 12.4. The second kappa shape index (κ2) is 6.89. The summed E-state index contributed by atoms with van der Waals surface area (Å²) < 4.78 is 39.9. The molecule has 130 valence electrons. The number of aromatic nitrogens is 4. The lowest BCUT2D eigenvalue weighted by atomic mass is 10.2. The minimum absolute atomic E-state index is 0.156. The maximum absolute atomic E-state index is 12.8. The molecule has 10 heteroatoms. The molecule has 0 radical (unpaired) electrons. The van der Waals surface area contributed by atoms with E-state index in [0.717, 1.165) is 12.1 Å². The lowest BCUT2D eigenvalue weighted by Crippen LogP contribution is -2.10. The summed E-state index contributed by atoms with van der Waals surface area (Å²) in [5.41, 5.74) is -0.0877. The zero-order valence-corrected chi connectivity index (χ0v) is 13.9. The summed E-state index contributed by atoms with van der Waals surface area (Å²) >= 11 is 12.1. The van der Waals surface area contributed by atoms with Crippen LogP contribution in [0, 0.1) is 0 Å². The van der Waals surface area contributed by atoms with Crippen molar-refractivity contribution in [3.05, 3.63) is 64.3 Å². The van der Waals surface area contributed by atoms with Gasteiger partial charge in [-0.05, 0) is 12.1 Å². The Balaban J connectivity index is 1.92. The van der Waals surface area contributed by atoms with Gasteiger partial charge >= 0.3 is 6.18 Å². The van der Waals surface area contributed by atoms with Gasteiger partial charge in [-0.3, -0.25) is 9.97 Å². The Morgan fingerprint density at radius 2 is 1.80 bits per heavy atom. The molecule has 0 amide bonds. The third-order valence-electron chi connectivity index (χ3n) is 3.27. The van der Waals surface area contributed by atoms with Crippen LogP contribution in [0.15, 0.2) is 43.0 Å². The number of nitrogens with one attached hydrogen (secondary N) is 1. The number of hydrogen-bond donors (Lipinski definition) is 1. The number of hydrogen-bond acceptors (Lipinski definition) is 4. The molecule has 0 aliphatic carbocycles. The van der Waals surface area contributed by atoms with E-state index in [4.69, 9.17) is 23.2 Å². The van der Waals surface area contributed by atoms with E-state index in [9.17, 15) is 13.2 Å². The average Bonchev–Trinajstić information content (AvgIpc) is 3.00. The minimum Gasteiger partial charge on any atom is -0.364 e. The van der Waals surface area contributed by atoms with Crippen LogP contribution in [0.4, 0.5) is 19.0 Å². The van der Waals surface area contributed by atoms with Crippen molar-refractivity contribution in [1.82, 2.24) is 19.7 Å². The Bertz CT molecular complexity index is 857. The fourth-order valence-corrected chi connectivity index (χ4v) is 2.80. The van der Waals surface area contributed by atoms with Crippen molar-refractivity contribution in [3.63, 3.8) is 0 Å². The van der Waals surface area contributed by atoms with Crippen LogP contribution in [-0.2, 0) is 12.7 Å². The first-order valence-corrected chi connectivity index (χ1v) is 7.71. The van der Waals surface area contributed by atoms with Crippen molar-refractivity contribution in [2.24, 2.45) is 0 Å². The molecule has 3 rings (SSSR count). The van der Waals surface area contributed by atoms with Crippen molar-refractivity contribution >= 4 is 29.0 Å². The van der Waals surface area contributed by atoms with Gasteiger partial charge in [0.2, 0.25) is 0 Å². The molecular weight excluding hydrogens is 378 g/mol. The predicted molar refractivity (Wildman–Crippen MR) is 87.9 cm³/mol. The molecule has 0 atom stereocenters. The first kappa shape index (κ1) is 17.5. The van der Waals surface area contributed by atoms with Crippen molar-refractivity contribution in [2.75, 3.05) is 5.32 Å². The van der Waals surface area contributed by atoms with Crippen LogP contribution in [-0.4, -0.2) is 19.7 Å². The largest absolute Gasteiger partial charge is 0.416 e. The van der Waals surface area contributed by atoms with Crippen LogP contribution in [0.25, 0.3) is 5.69 Å². The third kappa shape index (κ3) is 3.85. The van der Waals surface area contributed by atoms with Crippen LogP contribution >= 0.6 is 23.2 Å². The molecule has 2 heterocycles. The molecule has 1 N–H and O–H groups in total.